The standard InChI is InChI=1S/Ag.Ir.Pd.Pt. The van der Waals surface area contributed by atoms with Crippen LogP contribution in [-0.2, 0) is 84.0 Å². The van der Waals surface area contributed by atoms with E-state index in [4.69, 9.17) is 0 Å². The molecule has 0 aromatic heterocycles. The zero-order chi connectivity index (χ0) is 0. The first-order chi connectivity index (χ1) is 0. The van der Waals surface area contributed by atoms with Gasteiger partial charge in [0.15, 0.2) is 0 Å². The van der Waals surface area contributed by atoms with Gasteiger partial charge in [0.25, 0.3) is 0 Å². The van der Waals surface area contributed by atoms with Gasteiger partial charge in [-0.05, 0) is 0 Å². The van der Waals surface area contributed by atoms with Crippen LogP contribution >= 0.6 is 0 Å². The fraction of sp³-hybridized carbons (Fsp3) is 0. The topological polar surface area (TPSA) is 0 Å². The summed E-state index contributed by atoms with van der Waals surface area (Å²) >= 11 is 0. The average Bonchev–Trinajstić information content (AvgIpc) is 0. The van der Waals surface area contributed by atoms with Gasteiger partial charge in [0.1, 0.15) is 0 Å². The fourth-order valence-corrected chi connectivity index (χ4v) is 0. The third-order valence-electron chi connectivity index (χ3n) is 0. The zero-order valence-electron chi connectivity index (χ0n) is 1.27. The average molecular weight is 602 g/mol. The second-order valence-corrected chi connectivity index (χ2v) is 0. The Labute approximate surface area is 82.6 Å². The minimum atomic E-state index is 0. The van der Waals surface area contributed by atoms with Gasteiger partial charge < -0.3 is 0 Å². The summed E-state index contributed by atoms with van der Waals surface area (Å²) in [6.45, 7) is 0. The molecule has 0 aliphatic heterocycles. The monoisotopic (exact) mass is 601 g/mol. The molecule has 4 heavy (non-hydrogen) atoms. The normalized spacial score (nSPS) is 0. The minimum absolute atomic E-state index is 0. The molecule has 0 saturated heterocycles. The Morgan fingerprint density at radius 3 is 1.00 bits per heavy atom. The van der Waals surface area contributed by atoms with Gasteiger partial charge >= 0.3 is 0 Å². The molecule has 0 atom stereocenters. The summed E-state index contributed by atoms with van der Waals surface area (Å²) < 4.78 is 0. The molecule has 0 nitrogen and oxygen atoms in total. The number of rotatable bonds is 0. The molecule has 0 saturated carbocycles. The molecule has 40 valence electrons. The van der Waals surface area contributed by atoms with Gasteiger partial charge in [-0.15, -0.1) is 0 Å². The Morgan fingerprint density at radius 1 is 1.00 bits per heavy atom. The summed E-state index contributed by atoms with van der Waals surface area (Å²) in [7, 11) is 0. The van der Waals surface area contributed by atoms with Crippen molar-refractivity contribution in [3.63, 3.8) is 0 Å². The van der Waals surface area contributed by atoms with Gasteiger partial charge in [-0.3, -0.25) is 0 Å². The van der Waals surface area contributed by atoms with Crippen molar-refractivity contribution in [1.82, 2.24) is 0 Å². The first-order valence-corrected chi connectivity index (χ1v) is 0. The van der Waals surface area contributed by atoms with Crippen LogP contribution in [0.5, 0.6) is 0 Å². The molecule has 0 spiro atoms. The van der Waals surface area contributed by atoms with Crippen molar-refractivity contribution in [1.29, 1.82) is 0 Å². The van der Waals surface area contributed by atoms with Gasteiger partial charge in [-0.2, -0.15) is 0 Å². The molecule has 4 heteroatoms. The Kier molecular flexibility index (Phi) is 127. The van der Waals surface area contributed by atoms with Gasteiger partial charge in [0, 0.05) is 84.0 Å². The third-order valence-corrected chi connectivity index (χ3v) is 0. The van der Waals surface area contributed by atoms with Crippen molar-refractivity contribution in [3.05, 3.63) is 0 Å². The molecule has 0 bridgehead atoms. The van der Waals surface area contributed by atoms with Crippen LogP contribution in [-0.4, -0.2) is 0 Å². The molecule has 0 amide bonds. The molecular weight excluding hydrogens is 602 g/mol. The third kappa shape index (κ3) is 8.83. The summed E-state index contributed by atoms with van der Waals surface area (Å²) in [6.07, 6.45) is 0. The molecule has 0 aromatic rings. The smallest absolute Gasteiger partial charge is 0 e. The zero-order valence-corrected chi connectivity index (χ0v) is 8.97. The molecule has 0 unspecified atom stereocenters. The Morgan fingerprint density at radius 2 is 1.00 bits per heavy atom. The minimum Gasteiger partial charge on any atom is 0 e. The first-order valence-electron chi connectivity index (χ1n) is 0. The van der Waals surface area contributed by atoms with Crippen LogP contribution in [0.4, 0.5) is 0 Å². The summed E-state index contributed by atoms with van der Waals surface area (Å²) in [5, 5.41) is 0. The van der Waals surface area contributed by atoms with Crippen molar-refractivity contribution in [2.75, 3.05) is 0 Å². The SMILES string of the molecule is [Ag].[Ir].[Pd].[Pt]. The van der Waals surface area contributed by atoms with E-state index in [1.165, 1.54) is 0 Å². The van der Waals surface area contributed by atoms with E-state index < -0.39 is 0 Å². The summed E-state index contributed by atoms with van der Waals surface area (Å²) in [4.78, 5) is 0. The van der Waals surface area contributed by atoms with Gasteiger partial charge in [0.2, 0.25) is 0 Å². The molecule has 0 aliphatic carbocycles. The van der Waals surface area contributed by atoms with E-state index in [9.17, 15) is 0 Å². The van der Waals surface area contributed by atoms with Crippen LogP contribution in [0.25, 0.3) is 0 Å². The maximum absolute atomic E-state index is 0. The Hall–Kier alpha value is 2.74. The maximum atomic E-state index is 0. The van der Waals surface area contributed by atoms with Crippen LogP contribution in [0.3, 0.4) is 0 Å². The first kappa shape index (κ1) is 29.6. The quantitative estimate of drug-likeness (QED) is 0.343. The van der Waals surface area contributed by atoms with Crippen LogP contribution in [0.15, 0.2) is 0 Å². The molecule has 0 rings (SSSR count). The second-order valence-electron chi connectivity index (χ2n) is 0. The van der Waals surface area contributed by atoms with E-state index in [0.717, 1.165) is 0 Å². The van der Waals surface area contributed by atoms with Gasteiger partial charge in [-0.1, -0.05) is 0 Å². The van der Waals surface area contributed by atoms with E-state index in [-0.39, 0.29) is 84.0 Å². The predicted molar refractivity (Wildman–Crippen MR) is 0 cm³/mol. The Bertz CT molecular complexity index is 8.00. The molecule has 0 N–H and O–H groups in total. The van der Waals surface area contributed by atoms with Crippen molar-refractivity contribution < 1.29 is 84.0 Å². The number of hydrogen-bond acceptors (Lipinski definition) is 0. The molecule has 0 heterocycles. The predicted octanol–water partition coefficient (Wildman–Crippen LogP) is -0.0100. The van der Waals surface area contributed by atoms with Gasteiger partial charge in [-0.25, -0.2) is 0 Å². The molecule has 2 radical (unpaired) electrons. The summed E-state index contributed by atoms with van der Waals surface area (Å²) in [5.41, 5.74) is 0. The largest absolute Gasteiger partial charge is 0 e. The van der Waals surface area contributed by atoms with Crippen molar-refractivity contribution in [3.8, 4) is 0 Å². The van der Waals surface area contributed by atoms with Crippen molar-refractivity contribution in [2.45, 2.75) is 0 Å². The maximum Gasteiger partial charge on any atom is 0 e. The number of hydrogen-bond donors (Lipinski definition) is 0. The fourth-order valence-electron chi connectivity index (χ4n) is 0. The van der Waals surface area contributed by atoms with E-state index in [1.807, 2.05) is 0 Å². The molecule has 0 fully saturated rings. The second kappa shape index (κ2) is 17.2. The van der Waals surface area contributed by atoms with Crippen LogP contribution in [0.1, 0.15) is 0 Å². The van der Waals surface area contributed by atoms with E-state index in [1.54, 1.807) is 0 Å². The van der Waals surface area contributed by atoms with Crippen molar-refractivity contribution >= 4 is 0 Å². The summed E-state index contributed by atoms with van der Waals surface area (Å²) in [5.74, 6) is 0. The Balaban J connectivity index is 0. The van der Waals surface area contributed by atoms with Crippen molar-refractivity contribution in [2.24, 2.45) is 0 Å². The molecular formula is AgIrPdPt. The molecule has 0 aliphatic rings. The van der Waals surface area contributed by atoms with E-state index in [2.05, 4.69) is 0 Å². The molecule has 0 aromatic carbocycles. The van der Waals surface area contributed by atoms with E-state index >= 15 is 0 Å². The van der Waals surface area contributed by atoms with Crippen LogP contribution in [0, 0.1) is 0 Å². The van der Waals surface area contributed by atoms with Gasteiger partial charge in [0.05, 0.1) is 0 Å². The van der Waals surface area contributed by atoms with Crippen LogP contribution in [0.2, 0.25) is 0 Å². The van der Waals surface area contributed by atoms with E-state index in [0.29, 0.717) is 0 Å². The van der Waals surface area contributed by atoms with Crippen LogP contribution < -0.4 is 0 Å². The summed E-state index contributed by atoms with van der Waals surface area (Å²) in [6, 6.07) is 0.